The van der Waals surface area contributed by atoms with E-state index in [-0.39, 0.29) is 13.0 Å². The van der Waals surface area contributed by atoms with Gasteiger partial charge in [-0.3, -0.25) is 4.79 Å². The number of rotatable bonds is 7. The van der Waals surface area contributed by atoms with Gasteiger partial charge in [-0.25, -0.2) is 4.79 Å². The van der Waals surface area contributed by atoms with Crippen molar-refractivity contribution in [2.24, 2.45) is 0 Å². The Morgan fingerprint density at radius 1 is 1.32 bits per heavy atom. The molecule has 1 aromatic carbocycles. The zero-order valence-corrected chi connectivity index (χ0v) is 10.6. The van der Waals surface area contributed by atoms with Crippen LogP contribution in [0.2, 0.25) is 0 Å². The minimum atomic E-state index is -1.19. The maximum atomic E-state index is 12.0. The van der Waals surface area contributed by atoms with E-state index < -0.39 is 24.0 Å². The molecule has 1 amide bonds. The number of aliphatic hydroxyl groups excluding tert-OH is 1. The molecule has 1 rings (SSSR count). The number of aliphatic hydroxyl groups is 1. The highest BCUT2D eigenvalue weighted by Crippen LogP contribution is 2.16. The molecule has 6 nitrogen and oxygen atoms in total. The summed E-state index contributed by atoms with van der Waals surface area (Å²) >= 11 is 0. The van der Waals surface area contributed by atoms with Crippen LogP contribution < -0.4 is 5.32 Å². The van der Waals surface area contributed by atoms with Crippen molar-refractivity contribution < 1.29 is 24.5 Å². The molecule has 0 spiro atoms. The minimum absolute atomic E-state index is 0.0493. The standard InChI is InChI=1S/C13H17NO5/c1-19-11(9-5-3-2-4-6-9)12(16)14-10(7-8-15)13(17)18/h2-6,10-11,15H,7-8H2,1H3,(H,14,16)(H,17,18)/t10-,11?/m1/s1. The first-order valence-corrected chi connectivity index (χ1v) is 5.82. The predicted octanol–water partition coefficient (Wildman–Crippen LogP) is 0.326. The van der Waals surface area contributed by atoms with Crippen LogP contribution in [-0.4, -0.2) is 41.8 Å². The van der Waals surface area contributed by atoms with Gasteiger partial charge in [0.15, 0.2) is 6.10 Å². The number of carboxylic acid groups (broad SMARTS) is 1. The summed E-state index contributed by atoms with van der Waals surface area (Å²) in [4.78, 5) is 22.9. The van der Waals surface area contributed by atoms with Crippen LogP contribution in [-0.2, 0) is 14.3 Å². The van der Waals surface area contributed by atoms with Crippen LogP contribution in [0.3, 0.4) is 0 Å². The van der Waals surface area contributed by atoms with Crippen LogP contribution in [0.15, 0.2) is 30.3 Å². The van der Waals surface area contributed by atoms with E-state index in [0.717, 1.165) is 0 Å². The molecule has 104 valence electrons. The third kappa shape index (κ3) is 4.35. The highest BCUT2D eigenvalue weighted by atomic mass is 16.5. The minimum Gasteiger partial charge on any atom is -0.480 e. The lowest BCUT2D eigenvalue weighted by molar-refractivity contribution is -0.144. The van der Waals surface area contributed by atoms with Crippen LogP contribution >= 0.6 is 0 Å². The fourth-order valence-electron chi connectivity index (χ4n) is 1.66. The van der Waals surface area contributed by atoms with Crippen molar-refractivity contribution in [3.8, 4) is 0 Å². The molecule has 6 heteroatoms. The first-order valence-electron chi connectivity index (χ1n) is 5.82. The van der Waals surface area contributed by atoms with Crippen molar-refractivity contribution in [3.05, 3.63) is 35.9 Å². The second-order valence-corrected chi connectivity index (χ2v) is 3.94. The van der Waals surface area contributed by atoms with E-state index in [9.17, 15) is 9.59 Å². The molecule has 3 N–H and O–H groups in total. The average molecular weight is 267 g/mol. The van der Waals surface area contributed by atoms with Gasteiger partial charge < -0.3 is 20.3 Å². The van der Waals surface area contributed by atoms with Crippen LogP contribution in [0.5, 0.6) is 0 Å². The normalized spacial score (nSPS) is 13.6. The number of methoxy groups -OCH3 is 1. The summed E-state index contributed by atoms with van der Waals surface area (Å²) in [7, 11) is 1.37. The summed E-state index contributed by atoms with van der Waals surface area (Å²) < 4.78 is 5.09. The van der Waals surface area contributed by atoms with E-state index in [1.54, 1.807) is 30.3 Å². The molecule has 0 saturated heterocycles. The van der Waals surface area contributed by atoms with Crippen LogP contribution in [0.4, 0.5) is 0 Å². The SMILES string of the molecule is COC(C(=O)N[C@H](CCO)C(=O)O)c1ccccc1. The second-order valence-electron chi connectivity index (χ2n) is 3.94. The number of amides is 1. The van der Waals surface area contributed by atoms with E-state index >= 15 is 0 Å². The topological polar surface area (TPSA) is 95.9 Å². The van der Waals surface area contributed by atoms with Crippen molar-refractivity contribution in [2.75, 3.05) is 13.7 Å². The van der Waals surface area contributed by atoms with Crippen molar-refractivity contribution in [2.45, 2.75) is 18.6 Å². The molecule has 0 aliphatic carbocycles. The highest BCUT2D eigenvalue weighted by Gasteiger charge is 2.25. The smallest absolute Gasteiger partial charge is 0.326 e. The Balaban J connectivity index is 2.76. The van der Waals surface area contributed by atoms with Gasteiger partial charge in [0.2, 0.25) is 0 Å². The van der Waals surface area contributed by atoms with Gasteiger partial charge in [0, 0.05) is 20.1 Å². The maximum absolute atomic E-state index is 12.0. The number of ether oxygens (including phenoxy) is 1. The Hall–Kier alpha value is -1.92. The molecule has 0 radical (unpaired) electrons. The summed E-state index contributed by atoms with van der Waals surface area (Å²) in [6.07, 6.45) is -0.923. The van der Waals surface area contributed by atoms with Gasteiger partial charge in [0.25, 0.3) is 5.91 Å². The lowest BCUT2D eigenvalue weighted by Crippen LogP contribution is -2.43. The molecule has 19 heavy (non-hydrogen) atoms. The van der Waals surface area contributed by atoms with Crippen LogP contribution in [0, 0.1) is 0 Å². The molecule has 1 aromatic rings. The zero-order chi connectivity index (χ0) is 14.3. The Bertz CT molecular complexity index is 420. The lowest BCUT2D eigenvalue weighted by atomic mass is 10.1. The Kier molecular flexibility index (Phi) is 5.98. The number of hydrogen-bond donors (Lipinski definition) is 3. The van der Waals surface area contributed by atoms with Gasteiger partial charge >= 0.3 is 5.97 Å². The summed E-state index contributed by atoms with van der Waals surface area (Å²) in [6.45, 7) is -0.319. The molecular formula is C13H17NO5. The van der Waals surface area contributed by atoms with Gasteiger partial charge in [-0.15, -0.1) is 0 Å². The third-order valence-corrected chi connectivity index (χ3v) is 2.61. The van der Waals surface area contributed by atoms with Gasteiger partial charge in [0.1, 0.15) is 6.04 Å². The molecule has 0 fully saturated rings. The first-order chi connectivity index (χ1) is 9.10. The number of hydrogen-bond acceptors (Lipinski definition) is 4. The quantitative estimate of drug-likeness (QED) is 0.661. The van der Waals surface area contributed by atoms with E-state index in [0.29, 0.717) is 5.56 Å². The van der Waals surface area contributed by atoms with E-state index in [1.165, 1.54) is 7.11 Å². The summed E-state index contributed by atoms with van der Waals surface area (Å²) in [5.74, 6) is -1.74. The molecular weight excluding hydrogens is 250 g/mol. The molecule has 0 aliphatic heterocycles. The third-order valence-electron chi connectivity index (χ3n) is 2.61. The summed E-state index contributed by atoms with van der Waals surface area (Å²) in [5.41, 5.74) is 0.635. The van der Waals surface area contributed by atoms with Gasteiger partial charge in [-0.05, 0) is 5.56 Å². The number of carboxylic acids is 1. The van der Waals surface area contributed by atoms with Crippen molar-refractivity contribution >= 4 is 11.9 Å². The Morgan fingerprint density at radius 3 is 2.42 bits per heavy atom. The van der Waals surface area contributed by atoms with Crippen molar-refractivity contribution in [1.29, 1.82) is 0 Å². The molecule has 0 aliphatic rings. The van der Waals surface area contributed by atoms with Crippen LogP contribution in [0.1, 0.15) is 18.1 Å². The second kappa shape index (κ2) is 7.50. The Morgan fingerprint density at radius 2 is 1.95 bits per heavy atom. The van der Waals surface area contributed by atoms with E-state index in [2.05, 4.69) is 5.32 Å². The van der Waals surface area contributed by atoms with Crippen molar-refractivity contribution in [1.82, 2.24) is 5.32 Å². The van der Waals surface area contributed by atoms with Crippen LogP contribution in [0.25, 0.3) is 0 Å². The molecule has 0 heterocycles. The molecule has 1 unspecified atom stereocenters. The first kappa shape index (κ1) is 15.1. The van der Waals surface area contributed by atoms with Gasteiger partial charge in [-0.1, -0.05) is 30.3 Å². The summed E-state index contributed by atoms with van der Waals surface area (Å²) in [5, 5.41) is 20.0. The monoisotopic (exact) mass is 267 g/mol. The highest BCUT2D eigenvalue weighted by molar-refractivity contribution is 5.87. The number of benzene rings is 1. The van der Waals surface area contributed by atoms with Gasteiger partial charge in [-0.2, -0.15) is 0 Å². The lowest BCUT2D eigenvalue weighted by Gasteiger charge is -2.19. The predicted molar refractivity (Wildman–Crippen MR) is 67.5 cm³/mol. The molecule has 0 bridgehead atoms. The zero-order valence-electron chi connectivity index (χ0n) is 10.6. The Labute approximate surface area is 111 Å². The molecule has 2 atom stereocenters. The maximum Gasteiger partial charge on any atom is 0.326 e. The fraction of sp³-hybridized carbons (Fsp3) is 0.385. The summed E-state index contributed by atoms with van der Waals surface area (Å²) in [6, 6.07) is 7.64. The molecule has 0 saturated carbocycles. The molecule has 0 aromatic heterocycles. The fourth-order valence-corrected chi connectivity index (χ4v) is 1.66. The van der Waals surface area contributed by atoms with E-state index in [1.807, 2.05) is 0 Å². The number of carbonyl (C=O) groups excluding carboxylic acids is 1. The van der Waals surface area contributed by atoms with E-state index in [4.69, 9.17) is 14.9 Å². The number of aliphatic carboxylic acids is 1. The number of carbonyl (C=O) groups is 2. The largest absolute Gasteiger partial charge is 0.480 e. The average Bonchev–Trinajstić information content (AvgIpc) is 2.40. The number of nitrogens with one attached hydrogen (secondary N) is 1. The van der Waals surface area contributed by atoms with Crippen molar-refractivity contribution in [3.63, 3.8) is 0 Å². The van der Waals surface area contributed by atoms with Gasteiger partial charge in [0.05, 0.1) is 0 Å².